The summed E-state index contributed by atoms with van der Waals surface area (Å²) in [7, 11) is -4.24. The number of amides is 1. The molecule has 0 unspecified atom stereocenters. The van der Waals surface area contributed by atoms with Crippen molar-refractivity contribution in [3.63, 3.8) is 0 Å². The van der Waals surface area contributed by atoms with E-state index in [-0.39, 0.29) is 12.4 Å². The standard InChI is InChI=1S/C25H22F2N4O3S/c1-17(30-35(33,34)23-10-6-5-9-22(23)27)25(32)28-15-19-16-31(21-7-3-2-4-8-21)29-24(19)18-11-13-20(26)14-12-18/h2-14,16-17,30H,15H2,1H3,(H,28,32)/t17-/m0/s1. The number of nitrogens with zero attached hydrogens (tertiary/aromatic N) is 2. The lowest BCUT2D eigenvalue weighted by Gasteiger charge is -2.15. The van der Waals surface area contributed by atoms with Crippen molar-refractivity contribution < 1.29 is 22.0 Å². The fourth-order valence-electron chi connectivity index (χ4n) is 3.45. The first-order valence-electron chi connectivity index (χ1n) is 10.7. The Morgan fingerprint density at radius 3 is 2.31 bits per heavy atom. The van der Waals surface area contributed by atoms with Gasteiger partial charge in [-0.2, -0.15) is 9.82 Å². The maximum absolute atomic E-state index is 13.9. The molecule has 1 atom stereocenters. The summed E-state index contributed by atoms with van der Waals surface area (Å²) in [6.07, 6.45) is 1.74. The lowest BCUT2D eigenvalue weighted by molar-refractivity contribution is -0.122. The van der Waals surface area contributed by atoms with Gasteiger partial charge in [0.25, 0.3) is 0 Å². The van der Waals surface area contributed by atoms with Crippen LogP contribution >= 0.6 is 0 Å². The molecule has 4 rings (SSSR count). The molecular formula is C25H22F2N4O3S. The molecule has 0 saturated heterocycles. The van der Waals surface area contributed by atoms with Crippen LogP contribution in [0.3, 0.4) is 0 Å². The zero-order valence-corrected chi connectivity index (χ0v) is 19.5. The average molecular weight is 497 g/mol. The summed E-state index contributed by atoms with van der Waals surface area (Å²) in [5, 5.41) is 7.29. The number of para-hydroxylation sites is 1. The normalized spacial score (nSPS) is 12.3. The molecule has 1 amide bonds. The molecule has 0 aliphatic heterocycles. The van der Waals surface area contributed by atoms with Crippen LogP contribution in [0.5, 0.6) is 0 Å². The number of benzene rings is 3. The van der Waals surface area contributed by atoms with E-state index in [1.807, 2.05) is 30.3 Å². The van der Waals surface area contributed by atoms with Crippen molar-refractivity contribution in [2.24, 2.45) is 0 Å². The van der Waals surface area contributed by atoms with Crippen molar-refractivity contribution in [2.45, 2.75) is 24.4 Å². The highest BCUT2D eigenvalue weighted by Gasteiger charge is 2.25. The van der Waals surface area contributed by atoms with Gasteiger partial charge in [-0.3, -0.25) is 4.79 Å². The van der Waals surface area contributed by atoms with Crippen LogP contribution in [0.25, 0.3) is 16.9 Å². The highest BCUT2D eigenvalue weighted by Crippen LogP contribution is 2.24. The van der Waals surface area contributed by atoms with Gasteiger partial charge >= 0.3 is 0 Å². The van der Waals surface area contributed by atoms with E-state index in [2.05, 4.69) is 15.1 Å². The van der Waals surface area contributed by atoms with Gasteiger partial charge in [0.2, 0.25) is 15.9 Å². The maximum Gasteiger partial charge on any atom is 0.244 e. The van der Waals surface area contributed by atoms with Gasteiger partial charge in [-0.1, -0.05) is 30.3 Å². The van der Waals surface area contributed by atoms with Crippen molar-refractivity contribution in [1.29, 1.82) is 0 Å². The lowest BCUT2D eigenvalue weighted by atomic mass is 10.1. The summed E-state index contributed by atoms with van der Waals surface area (Å²) >= 11 is 0. The number of carbonyl (C=O) groups is 1. The van der Waals surface area contributed by atoms with E-state index in [4.69, 9.17) is 0 Å². The predicted octanol–water partition coefficient (Wildman–Crippen LogP) is 3.80. The van der Waals surface area contributed by atoms with E-state index in [1.165, 1.54) is 31.2 Å². The Kier molecular flexibility index (Phi) is 7.04. The van der Waals surface area contributed by atoms with Gasteiger partial charge in [0.1, 0.15) is 16.5 Å². The smallest absolute Gasteiger partial charge is 0.244 e. The van der Waals surface area contributed by atoms with Gasteiger partial charge in [0.15, 0.2) is 0 Å². The molecule has 10 heteroatoms. The van der Waals surface area contributed by atoms with Gasteiger partial charge in [-0.05, 0) is 55.5 Å². The first kappa shape index (κ1) is 24.2. The third-order valence-corrected chi connectivity index (χ3v) is 6.81. The first-order valence-corrected chi connectivity index (χ1v) is 12.2. The Hall–Kier alpha value is -3.89. The van der Waals surface area contributed by atoms with E-state index >= 15 is 0 Å². The average Bonchev–Trinajstić information content (AvgIpc) is 3.27. The van der Waals surface area contributed by atoms with E-state index in [0.29, 0.717) is 16.8 Å². The summed E-state index contributed by atoms with van der Waals surface area (Å²) in [5.41, 5.74) is 2.62. The van der Waals surface area contributed by atoms with Gasteiger partial charge in [0.05, 0.1) is 17.4 Å². The molecule has 180 valence electrons. The van der Waals surface area contributed by atoms with Crippen LogP contribution in [0, 0.1) is 11.6 Å². The largest absolute Gasteiger partial charge is 0.351 e. The van der Waals surface area contributed by atoms with E-state index in [1.54, 1.807) is 23.0 Å². The minimum atomic E-state index is -4.24. The molecule has 35 heavy (non-hydrogen) atoms. The number of hydrogen-bond acceptors (Lipinski definition) is 4. The minimum absolute atomic E-state index is 0.0319. The Balaban J connectivity index is 1.53. The number of hydrogen-bond donors (Lipinski definition) is 2. The fraction of sp³-hybridized carbons (Fsp3) is 0.120. The van der Waals surface area contributed by atoms with Crippen molar-refractivity contribution in [3.05, 3.63) is 102 Å². The summed E-state index contributed by atoms with van der Waals surface area (Å²) < 4.78 is 56.2. The number of carbonyl (C=O) groups excluding carboxylic acids is 1. The van der Waals surface area contributed by atoms with Crippen LogP contribution in [0.4, 0.5) is 8.78 Å². The second kappa shape index (κ2) is 10.2. The topological polar surface area (TPSA) is 93.1 Å². The summed E-state index contributed by atoms with van der Waals surface area (Å²) in [5.74, 6) is -1.91. The first-order chi connectivity index (χ1) is 16.7. The quantitative estimate of drug-likeness (QED) is 0.388. The molecule has 0 radical (unpaired) electrons. The van der Waals surface area contributed by atoms with Crippen molar-refractivity contribution >= 4 is 15.9 Å². The Morgan fingerprint density at radius 1 is 0.971 bits per heavy atom. The second-order valence-electron chi connectivity index (χ2n) is 7.78. The SMILES string of the molecule is C[C@H](NS(=O)(=O)c1ccccc1F)C(=O)NCc1cn(-c2ccccc2)nc1-c1ccc(F)cc1. The predicted molar refractivity (Wildman–Crippen MR) is 127 cm³/mol. The van der Waals surface area contributed by atoms with Gasteiger partial charge < -0.3 is 5.32 Å². The highest BCUT2D eigenvalue weighted by atomic mass is 32.2. The molecule has 1 heterocycles. The van der Waals surface area contributed by atoms with E-state index < -0.39 is 32.7 Å². The molecule has 0 aliphatic rings. The number of aromatic nitrogens is 2. The third-order valence-electron chi connectivity index (χ3n) is 5.23. The zero-order valence-electron chi connectivity index (χ0n) is 18.7. The van der Waals surface area contributed by atoms with Crippen LogP contribution in [0.15, 0.2) is 90.0 Å². The number of sulfonamides is 1. The molecule has 2 N–H and O–H groups in total. The molecule has 3 aromatic carbocycles. The van der Waals surface area contributed by atoms with Gasteiger partial charge in [0, 0.05) is 23.9 Å². The monoisotopic (exact) mass is 496 g/mol. The van der Waals surface area contributed by atoms with E-state index in [0.717, 1.165) is 17.8 Å². The number of rotatable bonds is 8. The van der Waals surface area contributed by atoms with Crippen LogP contribution in [0.1, 0.15) is 12.5 Å². The Morgan fingerprint density at radius 2 is 1.63 bits per heavy atom. The van der Waals surface area contributed by atoms with Gasteiger partial charge in [-0.25, -0.2) is 21.9 Å². The fourth-order valence-corrected chi connectivity index (χ4v) is 4.73. The summed E-state index contributed by atoms with van der Waals surface area (Å²) in [6, 6.07) is 18.9. The van der Waals surface area contributed by atoms with Crippen LogP contribution < -0.4 is 10.0 Å². The molecule has 0 saturated carbocycles. The highest BCUT2D eigenvalue weighted by molar-refractivity contribution is 7.89. The van der Waals surface area contributed by atoms with Crippen LogP contribution in [-0.2, 0) is 21.4 Å². The van der Waals surface area contributed by atoms with Crippen LogP contribution in [0.2, 0.25) is 0 Å². The van der Waals surface area contributed by atoms with E-state index in [9.17, 15) is 22.0 Å². The molecular weight excluding hydrogens is 474 g/mol. The maximum atomic E-state index is 13.9. The van der Waals surface area contributed by atoms with Crippen LogP contribution in [-0.4, -0.2) is 30.1 Å². The molecule has 4 aromatic rings. The molecule has 7 nitrogen and oxygen atoms in total. The number of halogens is 2. The molecule has 0 bridgehead atoms. The third kappa shape index (κ3) is 5.61. The number of nitrogens with one attached hydrogen (secondary N) is 2. The lowest BCUT2D eigenvalue weighted by Crippen LogP contribution is -2.44. The van der Waals surface area contributed by atoms with Crippen molar-refractivity contribution in [2.75, 3.05) is 0 Å². The van der Waals surface area contributed by atoms with Crippen molar-refractivity contribution in [1.82, 2.24) is 19.8 Å². The molecule has 0 fully saturated rings. The Labute approximate surface area is 201 Å². The van der Waals surface area contributed by atoms with Crippen molar-refractivity contribution in [3.8, 4) is 16.9 Å². The second-order valence-corrected chi connectivity index (χ2v) is 9.46. The van der Waals surface area contributed by atoms with Gasteiger partial charge in [-0.15, -0.1) is 0 Å². The summed E-state index contributed by atoms with van der Waals surface area (Å²) in [4.78, 5) is 12.1. The molecule has 0 spiro atoms. The minimum Gasteiger partial charge on any atom is -0.351 e. The zero-order chi connectivity index (χ0) is 25.0. The Bertz CT molecular complexity index is 1440. The molecule has 0 aliphatic carbocycles. The summed E-state index contributed by atoms with van der Waals surface area (Å²) in [6.45, 7) is 1.39. The molecule has 1 aromatic heterocycles.